The van der Waals surface area contributed by atoms with E-state index in [1.807, 2.05) is 25.4 Å². The number of anilines is 1. The van der Waals surface area contributed by atoms with Crippen molar-refractivity contribution in [1.29, 1.82) is 0 Å². The first-order valence-electron chi connectivity index (χ1n) is 6.21. The quantitative estimate of drug-likeness (QED) is 0.454. The number of hydrogen-bond acceptors (Lipinski definition) is 7. The number of rotatable bonds is 7. The van der Waals surface area contributed by atoms with Crippen LogP contribution in [0.3, 0.4) is 0 Å². The zero-order valence-electron chi connectivity index (χ0n) is 11.2. The van der Waals surface area contributed by atoms with Crippen LogP contribution >= 0.6 is 11.3 Å². The summed E-state index contributed by atoms with van der Waals surface area (Å²) in [7, 11) is 2.02. The Hall–Kier alpha value is -1.28. The minimum Gasteiger partial charge on any atom is -0.380 e. The Bertz CT molecular complexity index is 530. The van der Waals surface area contributed by atoms with E-state index in [1.54, 1.807) is 11.3 Å². The molecule has 0 aliphatic heterocycles. The first-order valence-corrected chi connectivity index (χ1v) is 7.09. The van der Waals surface area contributed by atoms with Gasteiger partial charge < -0.3 is 10.2 Å². The van der Waals surface area contributed by atoms with Crippen LogP contribution in [0, 0.1) is 0 Å². The molecule has 3 N–H and O–H groups in total. The number of aromatic nitrogens is 2. The van der Waals surface area contributed by atoms with Crippen molar-refractivity contribution in [2.24, 2.45) is 5.84 Å². The van der Waals surface area contributed by atoms with Crippen molar-refractivity contribution < 1.29 is 4.74 Å². The summed E-state index contributed by atoms with van der Waals surface area (Å²) >= 11 is 1.59. The lowest BCUT2D eigenvalue weighted by Crippen LogP contribution is -2.24. The molecule has 0 atom stereocenters. The molecule has 0 aliphatic rings. The summed E-state index contributed by atoms with van der Waals surface area (Å²) in [6, 6.07) is 1.97. The van der Waals surface area contributed by atoms with E-state index in [2.05, 4.69) is 20.3 Å². The van der Waals surface area contributed by atoms with Gasteiger partial charge in [0.05, 0.1) is 18.5 Å². The molecule has 0 saturated heterocycles. The zero-order valence-corrected chi connectivity index (χ0v) is 12.0. The molecule has 0 amide bonds. The third kappa shape index (κ3) is 3.60. The lowest BCUT2D eigenvalue weighted by Gasteiger charge is -2.15. The number of hydrazine groups is 1. The molecule has 7 heteroatoms. The van der Waals surface area contributed by atoms with E-state index in [4.69, 9.17) is 10.6 Å². The smallest absolute Gasteiger partial charge is 0.152 e. The standard InChI is InChI=1S/C12H19N5OS/c1-3-18-6-5-17(2)8-10-14-11(16-13)9-4-7-19-12(9)15-10/h4,7H,3,5-6,8,13H2,1-2H3,(H,14,15,16). The van der Waals surface area contributed by atoms with Gasteiger partial charge in [-0.3, -0.25) is 4.90 Å². The van der Waals surface area contributed by atoms with Gasteiger partial charge in [0, 0.05) is 13.2 Å². The third-order valence-corrected chi connectivity index (χ3v) is 3.55. The molecule has 0 radical (unpaired) electrons. The Balaban J connectivity index is 2.07. The summed E-state index contributed by atoms with van der Waals surface area (Å²) in [4.78, 5) is 12.1. The lowest BCUT2D eigenvalue weighted by molar-refractivity contribution is 0.119. The van der Waals surface area contributed by atoms with Crippen LogP contribution in [0.4, 0.5) is 5.82 Å². The fourth-order valence-electron chi connectivity index (χ4n) is 1.77. The summed E-state index contributed by atoms with van der Waals surface area (Å²) in [6.45, 7) is 4.98. The van der Waals surface area contributed by atoms with Crippen LogP contribution in [0.5, 0.6) is 0 Å². The van der Waals surface area contributed by atoms with Crippen LogP contribution in [-0.2, 0) is 11.3 Å². The molecule has 104 valence electrons. The Labute approximate surface area is 116 Å². The second-order valence-electron chi connectivity index (χ2n) is 4.21. The topological polar surface area (TPSA) is 76.3 Å². The maximum Gasteiger partial charge on any atom is 0.152 e. The van der Waals surface area contributed by atoms with Crippen LogP contribution in [0.2, 0.25) is 0 Å². The van der Waals surface area contributed by atoms with Crippen molar-refractivity contribution in [3.05, 3.63) is 17.3 Å². The fraction of sp³-hybridized carbons (Fsp3) is 0.500. The number of fused-ring (bicyclic) bond motifs is 1. The van der Waals surface area contributed by atoms with E-state index >= 15 is 0 Å². The normalized spacial score (nSPS) is 11.4. The summed E-state index contributed by atoms with van der Waals surface area (Å²) in [5, 5.41) is 2.95. The molecule has 19 heavy (non-hydrogen) atoms. The van der Waals surface area contributed by atoms with Crippen LogP contribution in [-0.4, -0.2) is 41.7 Å². The number of nitrogens with one attached hydrogen (secondary N) is 1. The summed E-state index contributed by atoms with van der Waals surface area (Å²) in [6.07, 6.45) is 0. The molecule has 0 saturated carbocycles. The zero-order chi connectivity index (χ0) is 13.7. The van der Waals surface area contributed by atoms with Crippen LogP contribution in [0.15, 0.2) is 11.4 Å². The van der Waals surface area contributed by atoms with E-state index in [-0.39, 0.29) is 0 Å². The second-order valence-corrected chi connectivity index (χ2v) is 5.10. The Morgan fingerprint density at radius 2 is 2.32 bits per heavy atom. The number of nitrogens with two attached hydrogens (primary N) is 1. The molecule has 2 aromatic rings. The highest BCUT2D eigenvalue weighted by molar-refractivity contribution is 7.16. The largest absolute Gasteiger partial charge is 0.380 e. The van der Waals surface area contributed by atoms with Gasteiger partial charge in [0.1, 0.15) is 10.7 Å². The summed E-state index contributed by atoms with van der Waals surface area (Å²) in [5.41, 5.74) is 2.63. The molecule has 0 bridgehead atoms. The predicted octanol–water partition coefficient (Wildman–Crippen LogP) is 1.45. The van der Waals surface area contributed by atoms with Crippen molar-refractivity contribution in [1.82, 2.24) is 14.9 Å². The lowest BCUT2D eigenvalue weighted by atomic mass is 10.3. The predicted molar refractivity (Wildman–Crippen MR) is 78.1 cm³/mol. The van der Waals surface area contributed by atoms with Crippen molar-refractivity contribution in [3.8, 4) is 0 Å². The van der Waals surface area contributed by atoms with Crippen LogP contribution < -0.4 is 11.3 Å². The second kappa shape index (κ2) is 6.76. The van der Waals surface area contributed by atoms with Gasteiger partial charge in [0.2, 0.25) is 0 Å². The number of likely N-dealkylation sites (N-methyl/N-ethyl adjacent to an activating group) is 1. The Morgan fingerprint density at radius 3 is 3.05 bits per heavy atom. The molecule has 2 rings (SSSR count). The molecule has 2 heterocycles. The minimum atomic E-state index is 0.676. The molecular weight excluding hydrogens is 262 g/mol. The van der Waals surface area contributed by atoms with Crippen molar-refractivity contribution in [2.75, 3.05) is 32.2 Å². The monoisotopic (exact) mass is 281 g/mol. The molecule has 0 aromatic carbocycles. The van der Waals surface area contributed by atoms with Gasteiger partial charge in [0.15, 0.2) is 5.82 Å². The number of nitrogen functional groups attached to an aromatic ring is 1. The van der Waals surface area contributed by atoms with Gasteiger partial charge in [0.25, 0.3) is 0 Å². The highest BCUT2D eigenvalue weighted by Crippen LogP contribution is 2.24. The van der Waals surface area contributed by atoms with Gasteiger partial charge in [-0.05, 0) is 25.4 Å². The molecule has 0 unspecified atom stereocenters. The van der Waals surface area contributed by atoms with E-state index in [0.29, 0.717) is 12.4 Å². The number of ether oxygens (including phenoxy) is 1. The molecule has 2 aromatic heterocycles. The molecular formula is C12H19N5OS. The van der Waals surface area contributed by atoms with E-state index in [9.17, 15) is 0 Å². The fourth-order valence-corrected chi connectivity index (χ4v) is 2.55. The van der Waals surface area contributed by atoms with Crippen LogP contribution in [0.25, 0.3) is 10.2 Å². The molecule has 0 fully saturated rings. The Kier molecular flexibility index (Phi) is 5.03. The third-order valence-electron chi connectivity index (χ3n) is 2.74. The van der Waals surface area contributed by atoms with E-state index in [0.717, 1.165) is 35.8 Å². The highest BCUT2D eigenvalue weighted by Gasteiger charge is 2.09. The van der Waals surface area contributed by atoms with Gasteiger partial charge in [-0.2, -0.15) is 0 Å². The SMILES string of the molecule is CCOCCN(C)Cc1nc(NN)c2ccsc2n1. The van der Waals surface area contributed by atoms with Gasteiger partial charge in [-0.25, -0.2) is 15.8 Å². The summed E-state index contributed by atoms with van der Waals surface area (Å²) < 4.78 is 5.33. The number of nitrogens with zero attached hydrogens (tertiary/aromatic N) is 3. The van der Waals surface area contributed by atoms with Crippen molar-refractivity contribution in [2.45, 2.75) is 13.5 Å². The highest BCUT2D eigenvalue weighted by atomic mass is 32.1. The Morgan fingerprint density at radius 1 is 1.47 bits per heavy atom. The van der Waals surface area contributed by atoms with Crippen molar-refractivity contribution >= 4 is 27.4 Å². The first-order chi connectivity index (χ1) is 9.24. The van der Waals surface area contributed by atoms with Gasteiger partial charge >= 0.3 is 0 Å². The maximum absolute atomic E-state index is 5.50. The maximum atomic E-state index is 5.50. The van der Waals surface area contributed by atoms with E-state index in [1.165, 1.54) is 0 Å². The number of thiophene rings is 1. The summed E-state index contributed by atoms with van der Waals surface area (Å²) in [5.74, 6) is 6.95. The number of hydrogen-bond donors (Lipinski definition) is 2. The van der Waals surface area contributed by atoms with Gasteiger partial charge in [-0.15, -0.1) is 11.3 Å². The minimum absolute atomic E-state index is 0.676. The van der Waals surface area contributed by atoms with Crippen LogP contribution in [0.1, 0.15) is 12.7 Å². The van der Waals surface area contributed by atoms with E-state index < -0.39 is 0 Å². The van der Waals surface area contributed by atoms with Gasteiger partial charge in [-0.1, -0.05) is 0 Å². The van der Waals surface area contributed by atoms with Crippen molar-refractivity contribution in [3.63, 3.8) is 0 Å². The molecule has 6 nitrogen and oxygen atoms in total. The average molecular weight is 281 g/mol. The first kappa shape index (κ1) is 14.1. The average Bonchev–Trinajstić information content (AvgIpc) is 2.86. The molecule has 0 spiro atoms. The molecule has 0 aliphatic carbocycles.